The lowest BCUT2D eigenvalue weighted by atomic mass is 10.2. The zero-order valence-electron chi connectivity index (χ0n) is 11.6. The lowest BCUT2D eigenvalue weighted by Crippen LogP contribution is -2.10. The first kappa shape index (κ1) is 16.1. The smallest absolute Gasteiger partial charge is 0.339 e. The summed E-state index contributed by atoms with van der Waals surface area (Å²) in [7, 11) is -4.01. The summed E-state index contributed by atoms with van der Waals surface area (Å²) < 4.78 is 34.9. The molecule has 0 heterocycles. The van der Waals surface area contributed by atoms with Crippen LogP contribution in [-0.2, 0) is 10.1 Å². The Kier molecular flexibility index (Phi) is 4.91. The minimum absolute atomic E-state index is 0.0239. The largest absolute Gasteiger partial charge is 0.490 e. The number of halogens is 1. The standard InChI is InChI=1S/C15H12ClNO4S/c1-2-20-15-9-11(10-17)3-8-14(15)21-22(18,19)13-6-4-12(16)5-7-13/h3-9H,2H2,1H3. The minimum atomic E-state index is -4.01. The van der Waals surface area contributed by atoms with Crippen molar-refractivity contribution >= 4 is 21.7 Å². The monoisotopic (exact) mass is 337 g/mol. The van der Waals surface area contributed by atoms with Gasteiger partial charge in [-0.25, -0.2) is 0 Å². The van der Waals surface area contributed by atoms with E-state index in [9.17, 15) is 8.42 Å². The highest BCUT2D eigenvalue weighted by Crippen LogP contribution is 2.31. The molecule has 7 heteroatoms. The number of hydrogen-bond donors (Lipinski definition) is 0. The van der Waals surface area contributed by atoms with Gasteiger partial charge in [-0.3, -0.25) is 0 Å². The van der Waals surface area contributed by atoms with E-state index in [1.54, 1.807) is 6.92 Å². The van der Waals surface area contributed by atoms with Crippen LogP contribution in [0.25, 0.3) is 0 Å². The van der Waals surface area contributed by atoms with Gasteiger partial charge in [0.1, 0.15) is 4.90 Å². The second-order valence-electron chi connectivity index (χ2n) is 4.20. The molecule has 0 aliphatic heterocycles. The van der Waals surface area contributed by atoms with Gasteiger partial charge in [0.2, 0.25) is 0 Å². The fourth-order valence-electron chi connectivity index (χ4n) is 1.68. The van der Waals surface area contributed by atoms with Gasteiger partial charge in [0.05, 0.1) is 18.2 Å². The van der Waals surface area contributed by atoms with Crippen LogP contribution < -0.4 is 8.92 Å². The van der Waals surface area contributed by atoms with Crippen molar-refractivity contribution in [1.82, 2.24) is 0 Å². The second-order valence-corrected chi connectivity index (χ2v) is 6.18. The first-order valence-electron chi connectivity index (χ1n) is 6.33. The molecule has 0 N–H and O–H groups in total. The lowest BCUT2D eigenvalue weighted by Gasteiger charge is -2.12. The number of nitriles is 1. The molecule has 0 fully saturated rings. The molecule has 5 nitrogen and oxygen atoms in total. The Morgan fingerprint density at radius 2 is 1.82 bits per heavy atom. The third kappa shape index (κ3) is 3.70. The third-order valence-electron chi connectivity index (χ3n) is 2.67. The van der Waals surface area contributed by atoms with Gasteiger partial charge >= 0.3 is 10.1 Å². The van der Waals surface area contributed by atoms with Crippen molar-refractivity contribution in [1.29, 1.82) is 5.26 Å². The Morgan fingerprint density at radius 3 is 2.41 bits per heavy atom. The minimum Gasteiger partial charge on any atom is -0.490 e. The highest BCUT2D eigenvalue weighted by molar-refractivity contribution is 7.87. The fraction of sp³-hybridized carbons (Fsp3) is 0.133. The van der Waals surface area contributed by atoms with E-state index in [1.165, 1.54) is 42.5 Å². The summed E-state index contributed by atoms with van der Waals surface area (Å²) >= 11 is 5.74. The molecule has 0 radical (unpaired) electrons. The molecule has 0 saturated carbocycles. The number of nitrogens with zero attached hydrogens (tertiary/aromatic N) is 1. The van der Waals surface area contributed by atoms with Gasteiger partial charge < -0.3 is 8.92 Å². The van der Waals surface area contributed by atoms with Gasteiger partial charge in [-0.05, 0) is 43.3 Å². The normalized spacial score (nSPS) is 10.8. The van der Waals surface area contributed by atoms with Gasteiger partial charge in [-0.15, -0.1) is 0 Å². The quantitative estimate of drug-likeness (QED) is 0.782. The first-order chi connectivity index (χ1) is 10.5. The zero-order chi connectivity index (χ0) is 16.2. The highest BCUT2D eigenvalue weighted by atomic mass is 35.5. The Hall–Kier alpha value is -2.23. The van der Waals surface area contributed by atoms with Crippen molar-refractivity contribution in [2.45, 2.75) is 11.8 Å². The van der Waals surface area contributed by atoms with Crippen LogP contribution in [0, 0.1) is 11.3 Å². The second kappa shape index (κ2) is 6.69. The average Bonchev–Trinajstić information content (AvgIpc) is 2.49. The third-order valence-corrected chi connectivity index (χ3v) is 4.17. The van der Waals surface area contributed by atoms with Crippen molar-refractivity contribution in [2.24, 2.45) is 0 Å². The van der Waals surface area contributed by atoms with E-state index >= 15 is 0 Å². The average molecular weight is 338 g/mol. The van der Waals surface area contributed by atoms with Crippen LogP contribution in [0.15, 0.2) is 47.4 Å². The Bertz CT molecular complexity index is 810. The van der Waals surface area contributed by atoms with E-state index < -0.39 is 10.1 Å². The maximum absolute atomic E-state index is 12.2. The molecule has 0 aliphatic carbocycles. The number of ether oxygens (including phenoxy) is 1. The van der Waals surface area contributed by atoms with Crippen LogP contribution in [0.3, 0.4) is 0 Å². The lowest BCUT2D eigenvalue weighted by molar-refractivity contribution is 0.327. The molecule has 0 unspecified atom stereocenters. The van der Waals surface area contributed by atoms with Crippen molar-refractivity contribution in [3.05, 3.63) is 53.1 Å². The molecule has 114 valence electrons. The van der Waals surface area contributed by atoms with Gasteiger partial charge in [0.15, 0.2) is 11.5 Å². The summed E-state index contributed by atoms with van der Waals surface area (Å²) in [5.41, 5.74) is 0.347. The molecule has 2 aromatic carbocycles. The zero-order valence-corrected chi connectivity index (χ0v) is 13.2. The molecule has 0 aromatic heterocycles. The predicted molar refractivity (Wildman–Crippen MR) is 81.6 cm³/mol. The summed E-state index contributed by atoms with van der Waals surface area (Å²) in [6, 6.07) is 11.8. The molecule has 0 amide bonds. The van der Waals surface area contributed by atoms with Crippen LogP contribution >= 0.6 is 11.6 Å². The fourth-order valence-corrected chi connectivity index (χ4v) is 2.75. The Labute approximate surface area is 133 Å². The van der Waals surface area contributed by atoms with Crippen molar-refractivity contribution in [3.8, 4) is 17.6 Å². The summed E-state index contributed by atoms with van der Waals surface area (Å²) in [6.45, 7) is 2.06. The van der Waals surface area contributed by atoms with Gasteiger partial charge in [-0.2, -0.15) is 13.7 Å². The van der Waals surface area contributed by atoms with Crippen LogP contribution in [0.2, 0.25) is 5.02 Å². The molecule has 22 heavy (non-hydrogen) atoms. The number of hydrogen-bond acceptors (Lipinski definition) is 5. The number of rotatable bonds is 5. The molecule has 2 rings (SSSR count). The van der Waals surface area contributed by atoms with Gasteiger partial charge in [0, 0.05) is 11.1 Å². The molecule has 0 atom stereocenters. The van der Waals surface area contributed by atoms with E-state index in [2.05, 4.69) is 0 Å². The van der Waals surface area contributed by atoms with Crippen molar-refractivity contribution < 1.29 is 17.3 Å². The van der Waals surface area contributed by atoms with Crippen molar-refractivity contribution in [2.75, 3.05) is 6.61 Å². The predicted octanol–water partition coefficient (Wildman–Crippen LogP) is 3.38. The van der Waals surface area contributed by atoms with E-state index in [0.717, 1.165) is 0 Å². The molecular formula is C15H12ClNO4S. The Balaban J connectivity index is 2.37. The van der Waals surface area contributed by atoms with E-state index in [-0.39, 0.29) is 16.4 Å². The first-order valence-corrected chi connectivity index (χ1v) is 8.12. The summed E-state index contributed by atoms with van der Waals surface area (Å²) in [5.74, 6) is 0.217. The molecule has 2 aromatic rings. The Morgan fingerprint density at radius 1 is 1.14 bits per heavy atom. The summed E-state index contributed by atoms with van der Waals surface area (Å²) in [6.07, 6.45) is 0. The SMILES string of the molecule is CCOc1cc(C#N)ccc1OS(=O)(=O)c1ccc(Cl)cc1. The molecule has 0 aliphatic rings. The summed E-state index contributed by atoms with van der Waals surface area (Å²) in [5, 5.41) is 9.30. The van der Waals surface area contributed by atoms with Gasteiger partial charge in [0.25, 0.3) is 0 Å². The molecule has 0 saturated heterocycles. The topological polar surface area (TPSA) is 76.4 Å². The molecule has 0 spiro atoms. The molecule has 0 bridgehead atoms. The maximum Gasteiger partial charge on any atom is 0.339 e. The van der Waals surface area contributed by atoms with Crippen molar-refractivity contribution in [3.63, 3.8) is 0 Å². The van der Waals surface area contributed by atoms with E-state index in [0.29, 0.717) is 17.2 Å². The highest BCUT2D eigenvalue weighted by Gasteiger charge is 2.19. The number of benzene rings is 2. The van der Waals surface area contributed by atoms with E-state index in [4.69, 9.17) is 25.8 Å². The van der Waals surface area contributed by atoms with E-state index in [1.807, 2.05) is 6.07 Å². The van der Waals surface area contributed by atoms with Crippen LogP contribution in [-0.4, -0.2) is 15.0 Å². The van der Waals surface area contributed by atoms with Crippen LogP contribution in [0.4, 0.5) is 0 Å². The maximum atomic E-state index is 12.2. The van der Waals surface area contributed by atoms with Gasteiger partial charge in [-0.1, -0.05) is 11.6 Å². The van der Waals surface area contributed by atoms with Crippen LogP contribution in [0.5, 0.6) is 11.5 Å². The summed E-state index contributed by atoms with van der Waals surface area (Å²) in [4.78, 5) is -0.0243. The van der Waals surface area contributed by atoms with Crippen LogP contribution in [0.1, 0.15) is 12.5 Å². The molecular weight excluding hydrogens is 326 g/mol.